The summed E-state index contributed by atoms with van der Waals surface area (Å²) < 4.78 is 13.8. The summed E-state index contributed by atoms with van der Waals surface area (Å²) in [5.41, 5.74) is 0.805. The van der Waals surface area contributed by atoms with Gasteiger partial charge in [-0.05, 0) is 42.8 Å². The molecule has 0 atom stereocenters. The molecule has 10 heteroatoms. The first kappa shape index (κ1) is 20.6. The molecule has 0 unspecified atom stereocenters. The first-order chi connectivity index (χ1) is 13.8. The highest BCUT2D eigenvalue weighted by molar-refractivity contribution is 8.01. The number of benzene rings is 1. The van der Waals surface area contributed by atoms with Crippen LogP contribution in [0.25, 0.3) is 5.82 Å². The number of nitriles is 1. The number of pyridine rings is 1. The molecule has 0 radical (unpaired) electrons. The fourth-order valence-corrected chi connectivity index (χ4v) is 3.82. The number of carbonyl (C=O) groups is 1. The summed E-state index contributed by atoms with van der Waals surface area (Å²) in [5.74, 6) is 0.828. The smallest absolute Gasteiger partial charge is 0.251 e. The monoisotopic (exact) mass is 430 g/mol. The second-order valence-electron chi connectivity index (χ2n) is 6.66. The van der Waals surface area contributed by atoms with Gasteiger partial charge in [-0.3, -0.25) is 9.00 Å². The van der Waals surface area contributed by atoms with E-state index in [1.807, 2.05) is 6.07 Å². The molecule has 0 saturated carbocycles. The normalized spacial score (nSPS) is 11.7. The third-order valence-corrected chi connectivity index (χ3v) is 5.83. The van der Waals surface area contributed by atoms with Crippen LogP contribution >= 0.6 is 11.6 Å². The van der Waals surface area contributed by atoms with Crippen molar-refractivity contribution >= 4 is 27.4 Å². The Kier molecular flexibility index (Phi) is 6.06. The topological polar surface area (TPSA) is 114 Å². The maximum atomic E-state index is 12.5. The Labute approximate surface area is 174 Å². The number of halogens is 1. The molecule has 0 fully saturated rings. The lowest BCUT2D eigenvalue weighted by molar-refractivity contribution is 0.0953. The van der Waals surface area contributed by atoms with Gasteiger partial charge in [-0.1, -0.05) is 21.5 Å². The highest BCUT2D eigenvalue weighted by Gasteiger charge is 2.13. The van der Waals surface area contributed by atoms with Crippen molar-refractivity contribution in [1.29, 1.82) is 5.26 Å². The van der Waals surface area contributed by atoms with Crippen LogP contribution in [0.5, 0.6) is 0 Å². The van der Waals surface area contributed by atoms with E-state index in [0.717, 1.165) is 0 Å². The van der Waals surface area contributed by atoms with Gasteiger partial charge < -0.3 is 5.32 Å². The third-order valence-electron chi connectivity index (χ3n) is 4.11. The van der Waals surface area contributed by atoms with Gasteiger partial charge in [-0.15, -0.1) is 0 Å². The van der Waals surface area contributed by atoms with Gasteiger partial charge in [0, 0.05) is 34.6 Å². The van der Waals surface area contributed by atoms with Gasteiger partial charge in [0.15, 0.2) is 5.82 Å². The number of hydrogen-bond donors (Lipinski definition) is 2. The summed E-state index contributed by atoms with van der Waals surface area (Å²) in [6.07, 6.45) is 6.54. The van der Waals surface area contributed by atoms with Crippen LogP contribution in [0.1, 0.15) is 21.7 Å². The number of rotatable bonds is 6. The largest absolute Gasteiger partial charge is 0.352 e. The van der Waals surface area contributed by atoms with E-state index in [9.17, 15) is 9.00 Å². The highest BCUT2D eigenvalue weighted by Crippen LogP contribution is 2.21. The van der Waals surface area contributed by atoms with Crippen molar-refractivity contribution in [3.05, 3.63) is 64.8 Å². The second-order valence-corrected chi connectivity index (χ2v) is 10.3. The number of nitrogens with one attached hydrogen (secondary N) is 1. The van der Waals surface area contributed by atoms with Crippen LogP contribution < -0.4 is 5.32 Å². The molecule has 1 aromatic carbocycles. The van der Waals surface area contributed by atoms with Crippen molar-refractivity contribution < 1.29 is 9.00 Å². The molecule has 0 bridgehead atoms. The number of hydrogen-bond acceptors (Lipinski definition) is 6. The molecule has 29 heavy (non-hydrogen) atoms. The zero-order valence-corrected chi connectivity index (χ0v) is 17.5. The fourth-order valence-electron chi connectivity index (χ4n) is 2.61. The molecule has 2 aromatic heterocycles. The van der Waals surface area contributed by atoms with E-state index in [2.05, 4.69) is 20.4 Å². The number of amides is 1. The van der Waals surface area contributed by atoms with Crippen LogP contribution in [0.4, 0.5) is 0 Å². The SMILES string of the molecule is C[SH](C)(=O)c1cc(Cl)cc(C(=O)NCCc2ncnn2-c2ccc(C#N)cn2)c1. The van der Waals surface area contributed by atoms with Crippen molar-refractivity contribution in [3.63, 3.8) is 0 Å². The minimum atomic E-state index is -2.54. The molecule has 0 saturated heterocycles. The number of thiol groups is 1. The van der Waals surface area contributed by atoms with Gasteiger partial charge in [0.1, 0.15) is 18.2 Å². The summed E-state index contributed by atoms with van der Waals surface area (Å²) >= 11 is 6.08. The minimum absolute atomic E-state index is 0.311. The Bertz CT molecular complexity index is 1130. The zero-order valence-electron chi connectivity index (χ0n) is 15.8. The molecule has 1 amide bonds. The van der Waals surface area contributed by atoms with Gasteiger partial charge in [0.05, 0.1) is 5.56 Å². The first-order valence-corrected chi connectivity index (χ1v) is 11.7. The van der Waals surface area contributed by atoms with Crippen LogP contribution in [0, 0.1) is 11.3 Å². The van der Waals surface area contributed by atoms with Gasteiger partial charge >= 0.3 is 0 Å². The van der Waals surface area contributed by atoms with E-state index in [-0.39, 0.29) is 5.91 Å². The zero-order chi connectivity index (χ0) is 21.0. The molecular formula is C19H19ClN6O2S. The summed E-state index contributed by atoms with van der Waals surface area (Å²) in [6, 6.07) is 10.1. The predicted molar refractivity (Wildman–Crippen MR) is 111 cm³/mol. The average molecular weight is 431 g/mol. The standard InChI is InChI=1S/C19H19ClN6O2S/c1-29(2,28)16-8-14(7-15(20)9-16)19(27)22-6-5-18-24-12-25-26(18)17-4-3-13(10-21)11-23-17/h3-4,7-9,11-12,29H,5-6H2,1-2H3,(H,22,27). The number of aromatic nitrogens is 4. The minimum Gasteiger partial charge on any atom is -0.352 e. The summed E-state index contributed by atoms with van der Waals surface area (Å²) in [7, 11) is -2.54. The van der Waals surface area contributed by atoms with Crippen molar-refractivity contribution in [3.8, 4) is 11.9 Å². The lowest BCUT2D eigenvalue weighted by Gasteiger charge is -2.14. The molecule has 0 spiro atoms. The third kappa shape index (κ3) is 5.04. The van der Waals surface area contributed by atoms with Crippen molar-refractivity contribution in [2.75, 3.05) is 19.1 Å². The number of carbonyl (C=O) groups excluding carboxylic acids is 1. The van der Waals surface area contributed by atoms with E-state index >= 15 is 0 Å². The number of nitrogens with zero attached hydrogens (tertiary/aromatic N) is 5. The van der Waals surface area contributed by atoms with Gasteiger partial charge in [-0.2, -0.15) is 15.0 Å². The summed E-state index contributed by atoms with van der Waals surface area (Å²) in [6.45, 7) is 0.311. The summed E-state index contributed by atoms with van der Waals surface area (Å²) in [4.78, 5) is 21.4. The van der Waals surface area contributed by atoms with E-state index in [0.29, 0.717) is 45.7 Å². The lowest BCUT2D eigenvalue weighted by atomic mass is 10.2. The van der Waals surface area contributed by atoms with Gasteiger partial charge in [-0.25, -0.2) is 9.97 Å². The molecule has 3 aromatic rings. The molecule has 1 N–H and O–H groups in total. The van der Waals surface area contributed by atoms with E-state index in [4.69, 9.17) is 16.9 Å². The van der Waals surface area contributed by atoms with Crippen LogP contribution in [0.15, 0.2) is 47.8 Å². The molecule has 0 aliphatic rings. The summed E-state index contributed by atoms with van der Waals surface area (Å²) in [5, 5.41) is 16.2. The molecule has 0 aliphatic carbocycles. The molecule has 2 heterocycles. The van der Waals surface area contributed by atoms with E-state index in [1.54, 1.807) is 47.5 Å². The molecule has 3 rings (SSSR count). The van der Waals surface area contributed by atoms with Crippen LogP contribution in [0.2, 0.25) is 5.02 Å². The molecule has 150 valence electrons. The quantitative estimate of drug-likeness (QED) is 0.576. The van der Waals surface area contributed by atoms with Crippen LogP contribution in [-0.2, 0) is 16.4 Å². The van der Waals surface area contributed by atoms with Crippen LogP contribution in [0.3, 0.4) is 0 Å². The molecular weight excluding hydrogens is 412 g/mol. The van der Waals surface area contributed by atoms with Crippen molar-refractivity contribution in [2.24, 2.45) is 0 Å². The highest BCUT2D eigenvalue weighted by atomic mass is 35.5. The first-order valence-electron chi connectivity index (χ1n) is 8.67. The Morgan fingerprint density at radius 2 is 2.07 bits per heavy atom. The second kappa shape index (κ2) is 8.51. The fraction of sp³-hybridized carbons (Fsp3) is 0.211. The molecule has 8 nitrogen and oxygen atoms in total. The van der Waals surface area contributed by atoms with Crippen molar-refractivity contribution in [2.45, 2.75) is 11.3 Å². The van der Waals surface area contributed by atoms with E-state index < -0.39 is 9.93 Å². The predicted octanol–water partition coefficient (Wildman–Crippen LogP) is 1.80. The van der Waals surface area contributed by atoms with Gasteiger partial charge in [0.25, 0.3) is 5.91 Å². The van der Waals surface area contributed by atoms with Gasteiger partial charge in [0.2, 0.25) is 0 Å². The Morgan fingerprint density at radius 1 is 1.28 bits per heavy atom. The van der Waals surface area contributed by atoms with Crippen molar-refractivity contribution in [1.82, 2.24) is 25.1 Å². The van der Waals surface area contributed by atoms with Crippen LogP contribution in [-0.4, -0.2) is 48.9 Å². The van der Waals surface area contributed by atoms with E-state index in [1.165, 1.54) is 12.5 Å². The Hall–Kier alpha value is -3.09. The average Bonchev–Trinajstić information content (AvgIpc) is 3.15. The maximum Gasteiger partial charge on any atom is 0.251 e. The maximum absolute atomic E-state index is 12.5. The lowest BCUT2D eigenvalue weighted by Crippen LogP contribution is -2.27. The Morgan fingerprint density at radius 3 is 2.72 bits per heavy atom. The Balaban J connectivity index is 1.68. The molecule has 0 aliphatic heterocycles.